The van der Waals surface area contributed by atoms with Gasteiger partial charge in [0.2, 0.25) is 0 Å². The minimum atomic E-state index is 0. The van der Waals surface area contributed by atoms with Crippen LogP contribution in [0.25, 0.3) is 0 Å². The molecule has 0 fully saturated rings. The molecule has 0 aliphatic carbocycles. The zero-order valence-corrected chi connectivity index (χ0v) is 20.9. The lowest BCUT2D eigenvalue weighted by atomic mass is 10.1. The zero-order valence-electron chi connectivity index (χ0n) is 18.5. The summed E-state index contributed by atoms with van der Waals surface area (Å²) in [6.07, 6.45) is 3.79. The number of nitrogens with zero attached hydrogens (tertiary/aromatic N) is 4. The molecule has 0 bridgehead atoms. The van der Waals surface area contributed by atoms with E-state index in [0.717, 1.165) is 25.6 Å². The second-order valence-electron chi connectivity index (χ2n) is 7.53. The number of rotatable bonds is 9. The monoisotopic (exact) mass is 532 g/mol. The van der Waals surface area contributed by atoms with E-state index >= 15 is 0 Å². The Bertz CT molecular complexity index is 911. The fourth-order valence-electron chi connectivity index (χ4n) is 3.28. The maximum absolute atomic E-state index is 4.38. The Morgan fingerprint density at radius 3 is 2.42 bits per heavy atom. The van der Waals surface area contributed by atoms with Gasteiger partial charge in [0.05, 0.1) is 6.54 Å². The molecule has 0 spiro atoms. The van der Waals surface area contributed by atoms with Crippen molar-refractivity contribution >= 4 is 29.9 Å². The molecule has 0 saturated carbocycles. The summed E-state index contributed by atoms with van der Waals surface area (Å²) >= 11 is 0. The number of hydrogen-bond donors (Lipinski definition) is 2. The van der Waals surface area contributed by atoms with Crippen molar-refractivity contribution in [2.45, 2.75) is 32.6 Å². The molecular weight excluding hydrogens is 499 g/mol. The van der Waals surface area contributed by atoms with Crippen LogP contribution < -0.4 is 10.6 Å². The van der Waals surface area contributed by atoms with Crippen LogP contribution in [0, 0.1) is 0 Å². The van der Waals surface area contributed by atoms with Crippen LogP contribution in [-0.2, 0) is 19.6 Å². The van der Waals surface area contributed by atoms with Gasteiger partial charge in [-0.2, -0.15) is 5.10 Å². The van der Waals surface area contributed by atoms with E-state index in [2.05, 4.69) is 94.2 Å². The summed E-state index contributed by atoms with van der Waals surface area (Å²) in [4.78, 5) is 6.72. The molecule has 1 heterocycles. The van der Waals surface area contributed by atoms with Crippen LogP contribution in [0.15, 0.2) is 78.0 Å². The first kappa shape index (κ1) is 24.9. The highest BCUT2D eigenvalue weighted by atomic mass is 127. The van der Waals surface area contributed by atoms with Crippen molar-refractivity contribution in [3.05, 3.63) is 89.7 Å². The predicted molar refractivity (Wildman–Crippen MR) is 139 cm³/mol. The van der Waals surface area contributed by atoms with E-state index in [-0.39, 0.29) is 24.0 Å². The van der Waals surface area contributed by atoms with E-state index < -0.39 is 0 Å². The van der Waals surface area contributed by atoms with Gasteiger partial charge in [-0.1, -0.05) is 54.6 Å². The molecule has 1 atom stereocenters. The normalized spacial score (nSPS) is 12.3. The highest BCUT2D eigenvalue weighted by Gasteiger charge is 2.11. The number of aromatic nitrogens is 2. The molecule has 3 aromatic rings. The molecule has 0 saturated heterocycles. The summed E-state index contributed by atoms with van der Waals surface area (Å²) < 4.78 is 1.94. The standard InChI is InChI=1S/C24H32N6.HI/c1-20(29(3)18-21-10-5-4-6-11-21)16-26-24(25-2)27-17-22-12-7-8-13-23(22)19-30-15-9-14-28-30;/h4-15,20H,16-19H2,1-3H3,(H2,25,26,27);1H. The number of hydrogen-bond acceptors (Lipinski definition) is 3. The zero-order chi connectivity index (χ0) is 21.2. The molecule has 0 radical (unpaired) electrons. The molecule has 166 valence electrons. The first-order valence-electron chi connectivity index (χ1n) is 10.4. The Morgan fingerprint density at radius 1 is 1.03 bits per heavy atom. The van der Waals surface area contributed by atoms with Gasteiger partial charge in [0, 0.05) is 45.1 Å². The molecule has 7 heteroatoms. The van der Waals surface area contributed by atoms with Crippen molar-refractivity contribution in [3.63, 3.8) is 0 Å². The summed E-state index contributed by atoms with van der Waals surface area (Å²) in [5.74, 6) is 0.809. The average molecular weight is 532 g/mol. The second-order valence-corrected chi connectivity index (χ2v) is 7.53. The van der Waals surface area contributed by atoms with Crippen LogP contribution in [0.3, 0.4) is 0 Å². The smallest absolute Gasteiger partial charge is 0.191 e. The predicted octanol–water partition coefficient (Wildman–Crippen LogP) is 3.73. The first-order valence-corrected chi connectivity index (χ1v) is 10.4. The fraction of sp³-hybridized carbons (Fsp3) is 0.333. The lowest BCUT2D eigenvalue weighted by molar-refractivity contribution is 0.249. The van der Waals surface area contributed by atoms with Gasteiger partial charge in [0.15, 0.2) is 5.96 Å². The number of halogens is 1. The minimum absolute atomic E-state index is 0. The molecular formula is C24H33IN6. The third kappa shape index (κ3) is 7.99. The van der Waals surface area contributed by atoms with E-state index in [1.165, 1.54) is 16.7 Å². The van der Waals surface area contributed by atoms with Crippen molar-refractivity contribution in [3.8, 4) is 0 Å². The second kappa shape index (κ2) is 13.1. The Kier molecular flexibility index (Phi) is 10.5. The summed E-state index contributed by atoms with van der Waals surface area (Å²) in [6, 6.07) is 21.3. The maximum Gasteiger partial charge on any atom is 0.191 e. The molecule has 2 N–H and O–H groups in total. The lowest BCUT2D eigenvalue weighted by Crippen LogP contribution is -2.44. The molecule has 1 unspecified atom stereocenters. The number of benzene rings is 2. The van der Waals surface area contributed by atoms with Crippen molar-refractivity contribution in [1.82, 2.24) is 25.3 Å². The highest BCUT2D eigenvalue weighted by Crippen LogP contribution is 2.10. The van der Waals surface area contributed by atoms with Gasteiger partial charge in [-0.3, -0.25) is 14.6 Å². The molecule has 6 nitrogen and oxygen atoms in total. The largest absolute Gasteiger partial charge is 0.355 e. The number of nitrogens with one attached hydrogen (secondary N) is 2. The SMILES string of the molecule is CN=C(NCc1ccccc1Cn1cccn1)NCC(C)N(C)Cc1ccccc1.I. The van der Waals surface area contributed by atoms with Crippen LogP contribution >= 0.6 is 24.0 Å². The van der Waals surface area contributed by atoms with Gasteiger partial charge >= 0.3 is 0 Å². The molecule has 31 heavy (non-hydrogen) atoms. The lowest BCUT2D eigenvalue weighted by Gasteiger charge is -2.26. The Morgan fingerprint density at radius 2 is 1.74 bits per heavy atom. The Labute approximate surface area is 202 Å². The van der Waals surface area contributed by atoms with Crippen molar-refractivity contribution < 1.29 is 0 Å². The Hall–Kier alpha value is -2.39. The van der Waals surface area contributed by atoms with Crippen molar-refractivity contribution in [1.29, 1.82) is 0 Å². The maximum atomic E-state index is 4.38. The quantitative estimate of drug-likeness (QED) is 0.251. The van der Waals surface area contributed by atoms with Crippen LogP contribution in [0.2, 0.25) is 0 Å². The van der Waals surface area contributed by atoms with Crippen LogP contribution in [0.1, 0.15) is 23.6 Å². The summed E-state index contributed by atoms with van der Waals surface area (Å²) in [5.41, 5.74) is 3.81. The summed E-state index contributed by atoms with van der Waals surface area (Å²) in [6.45, 7) is 5.45. The van der Waals surface area contributed by atoms with Gasteiger partial charge < -0.3 is 10.6 Å². The molecule has 0 aliphatic rings. The van der Waals surface area contributed by atoms with E-state index in [9.17, 15) is 0 Å². The Balaban J connectivity index is 0.00000341. The van der Waals surface area contributed by atoms with Crippen LogP contribution in [0.5, 0.6) is 0 Å². The van der Waals surface area contributed by atoms with Crippen molar-refractivity contribution in [2.24, 2.45) is 4.99 Å². The third-order valence-electron chi connectivity index (χ3n) is 5.27. The summed E-state index contributed by atoms with van der Waals surface area (Å²) in [7, 11) is 3.96. The van der Waals surface area contributed by atoms with E-state index in [1.807, 2.05) is 30.2 Å². The van der Waals surface area contributed by atoms with E-state index in [4.69, 9.17) is 0 Å². The van der Waals surface area contributed by atoms with E-state index in [1.54, 1.807) is 0 Å². The molecule has 0 amide bonds. The summed E-state index contributed by atoms with van der Waals surface area (Å²) in [5, 5.41) is 11.2. The first-order chi connectivity index (χ1) is 14.7. The number of likely N-dealkylation sites (N-methyl/N-ethyl adjacent to an activating group) is 1. The number of aliphatic imine (C=N–C) groups is 1. The van der Waals surface area contributed by atoms with Crippen LogP contribution in [-0.4, -0.2) is 47.3 Å². The molecule has 3 rings (SSSR count). The van der Waals surface area contributed by atoms with Gasteiger partial charge in [-0.15, -0.1) is 24.0 Å². The highest BCUT2D eigenvalue weighted by molar-refractivity contribution is 14.0. The van der Waals surface area contributed by atoms with Gasteiger partial charge in [-0.25, -0.2) is 0 Å². The van der Waals surface area contributed by atoms with E-state index in [0.29, 0.717) is 12.6 Å². The molecule has 2 aromatic carbocycles. The molecule has 1 aromatic heterocycles. The van der Waals surface area contributed by atoms with Crippen molar-refractivity contribution in [2.75, 3.05) is 20.6 Å². The number of guanidine groups is 1. The molecule has 0 aliphatic heterocycles. The van der Waals surface area contributed by atoms with Gasteiger partial charge in [0.1, 0.15) is 0 Å². The fourth-order valence-corrected chi connectivity index (χ4v) is 3.28. The topological polar surface area (TPSA) is 57.5 Å². The van der Waals surface area contributed by atoms with Crippen LogP contribution in [0.4, 0.5) is 0 Å². The van der Waals surface area contributed by atoms with Gasteiger partial charge in [0.25, 0.3) is 0 Å². The van der Waals surface area contributed by atoms with Gasteiger partial charge in [-0.05, 0) is 36.7 Å². The average Bonchev–Trinajstić information content (AvgIpc) is 3.28. The third-order valence-corrected chi connectivity index (χ3v) is 5.27. The minimum Gasteiger partial charge on any atom is -0.355 e.